The number of hydrogen-bond acceptors (Lipinski definition) is 6. The molecular formula is C102H65B2N7OS. The quantitative estimate of drug-likeness (QED) is 0.120. The number of fused-ring (bicyclic) bond motifs is 20. The van der Waals surface area contributed by atoms with Crippen molar-refractivity contribution in [2.75, 3.05) is 19.6 Å². The number of aromatic nitrogens is 3. The summed E-state index contributed by atoms with van der Waals surface area (Å²) in [4.78, 5) is 12.1. The highest BCUT2D eigenvalue weighted by atomic mass is 32.2. The zero-order valence-corrected chi connectivity index (χ0v) is 61.9. The minimum absolute atomic E-state index is 0.277. The van der Waals surface area contributed by atoms with Crippen molar-refractivity contribution in [1.29, 1.82) is 0 Å². The second-order valence-electron chi connectivity index (χ2n) is 29.8. The van der Waals surface area contributed by atoms with E-state index < -0.39 is 0 Å². The lowest BCUT2D eigenvalue weighted by Gasteiger charge is -2.44. The molecule has 4 aliphatic rings. The van der Waals surface area contributed by atoms with E-state index in [2.05, 4.69) is 428 Å². The third kappa shape index (κ3) is 9.37. The molecule has 0 amide bonds. The fraction of sp³-hybridized carbons (Fsp3) is 0. The van der Waals surface area contributed by atoms with Crippen molar-refractivity contribution in [3.05, 3.63) is 394 Å². The van der Waals surface area contributed by atoms with Gasteiger partial charge in [-0.05, 0) is 173 Å². The Bertz CT molecular complexity index is 6860. The van der Waals surface area contributed by atoms with E-state index in [0.29, 0.717) is 0 Å². The van der Waals surface area contributed by atoms with Crippen molar-refractivity contribution < 1.29 is 4.74 Å². The van der Waals surface area contributed by atoms with Crippen molar-refractivity contribution in [1.82, 2.24) is 13.7 Å². The van der Waals surface area contributed by atoms with Gasteiger partial charge in [0.1, 0.15) is 17.2 Å². The van der Waals surface area contributed by atoms with Crippen LogP contribution in [0.2, 0.25) is 0 Å². The highest BCUT2D eigenvalue weighted by molar-refractivity contribution is 8.00. The molecule has 8 nitrogen and oxygen atoms in total. The second-order valence-corrected chi connectivity index (χ2v) is 30.8. The van der Waals surface area contributed by atoms with Gasteiger partial charge in [0.05, 0.1) is 38.8 Å². The van der Waals surface area contributed by atoms with Crippen LogP contribution in [0.3, 0.4) is 0 Å². The van der Waals surface area contributed by atoms with Gasteiger partial charge in [0, 0.05) is 122 Å². The molecule has 0 spiro atoms. The zero-order valence-electron chi connectivity index (χ0n) is 61.1. The van der Waals surface area contributed by atoms with Crippen LogP contribution >= 0.6 is 11.8 Å². The highest BCUT2D eigenvalue weighted by Gasteiger charge is 2.49. The van der Waals surface area contributed by atoms with Gasteiger partial charge in [-0.15, -0.1) is 0 Å². The minimum atomic E-state index is -0.335. The molecule has 0 radical (unpaired) electrons. The molecule has 4 aliphatic heterocycles. The van der Waals surface area contributed by atoms with Crippen LogP contribution in [0, 0.1) is 0 Å². The Labute approximate surface area is 657 Å². The van der Waals surface area contributed by atoms with E-state index in [1.807, 2.05) is 11.8 Å². The van der Waals surface area contributed by atoms with E-state index in [-0.39, 0.29) is 13.4 Å². The number of ether oxygens (including phenoxy) is 1. The SMILES string of the molecule is c1ccc(N(c2ccccc2)c2cc3c4c(c2)N(c2ccccc2)c2ccccc2B4c2cc4c(c(-n5c6ccccc6c6c7c(c8ccccc8n7-c7ccccc7)c7c(c8ccccc8n7-c7ccccc7)c65)c2O3)Sc2cc(N(c3ccccc3)c3ccccc3)cc3c2B4c2ccccc2N3c2ccccc2)cc1. The Kier molecular flexibility index (Phi) is 14.1. The molecule has 0 fully saturated rings. The standard InChI is InChI=1S/C102H65B2N7OS/c1-9-35-66(36-10-1)105(67-37-11-2-12-38-67)74-61-88-95-90(63-74)112-101-81(103(95)79-54-28-33-59-86(79)107(88)70-43-17-5-18-44-70)65-82-102(113-91-64-75(106(68-39-13-3-14-40-68)69-41-15-4-16-42-69)62-89-96(91)104(82)80-55-29-34-60-87(80)108(89)71-45-19-6-20-46-71)100(101)111-85-58-32-27-53-78(85)94-98-92(76-51-25-30-56-83(76)109(98)72-47-21-7-22-48-72)97-93(99(94)111)77-52-26-31-57-84(77)110(97)73-49-23-8-24-50-73/h1-65H. The molecule has 20 aromatic rings. The van der Waals surface area contributed by atoms with E-state index in [1.165, 1.54) is 32.6 Å². The monoisotopic (exact) mass is 1460 g/mol. The summed E-state index contributed by atoms with van der Waals surface area (Å²) in [5.41, 5.74) is 29.7. The maximum absolute atomic E-state index is 8.61. The van der Waals surface area contributed by atoms with Crippen molar-refractivity contribution in [2.45, 2.75) is 9.79 Å². The first kappa shape index (κ1) is 63.5. The first-order valence-electron chi connectivity index (χ1n) is 38.8. The summed E-state index contributed by atoms with van der Waals surface area (Å²) >= 11 is 1.89. The number of nitrogens with zero attached hydrogens (tertiary/aromatic N) is 7. The van der Waals surface area contributed by atoms with Crippen LogP contribution in [0.1, 0.15) is 0 Å². The Balaban J connectivity index is 0.904. The summed E-state index contributed by atoms with van der Waals surface area (Å²) in [6.07, 6.45) is 0. The molecule has 0 saturated carbocycles. The summed E-state index contributed by atoms with van der Waals surface area (Å²) in [5.74, 6) is 1.59. The fourth-order valence-electron chi connectivity index (χ4n) is 19.4. The van der Waals surface area contributed by atoms with Crippen LogP contribution in [0.25, 0.3) is 82.5 Å². The molecule has 0 bridgehead atoms. The molecule has 24 rings (SSSR count). The summed E-state index contributed by atoms with van der Waals surface area (Å²) in [7, 11) is 0. The van der Waals surface area contributed by atoms with Gasteiger partial charge >= 0.3 is 0 Å². The van der Waals surface area contributed by atoms with Gasteiger partial charge < -0.3 is 38.0 Å². The Morgan fingerprint density at radius 3 is 1.05 bits per heavy atom. The van der Waals surface area contributed by atoms with Crippen LogP contribution in [-0.2, 0) is 0 Å². The van der Waals surface area contributed by atoms with Crippen LogP contribution < -0.4 is 57.1 Å². The van der Waals surface area contributed by atoms with Gasteiger partial charge in [-0.3, -0.25) is 0 Å². The number of para-hydroxylation sites is 13. The molecule has 0 saturated heterocycles. The average Bonchev–Trinajstić information content (AvgIpc) is 1.53. The lowest BCUT2D eigenvalue weighted by molar-refractivity contribution is 0.484. The molecule has 11 heteroatoms. The maximum atomic E-state index is 8.61. The van der Waals surface area contributed by atoms with E-state index in [1.54, 1.807) is 0 Å². The lowest BCUT2D eigenvalue weighted by Crippen LogP contribution is -2.63. The summed E-state index contributed by atoms with van der Waals surface area (Å²) in [6.45, 7) is -0.612. The third-order valence-electron chi connectivity index (χ3n) is 23.7. The molecular weight excluding hydrogens is 1390 g/mol. The Morgan fingerprint density at radius 2 is 0.611 bits per heavy atom. The fourth-order valence-corrected chi connectivity index (χ4v) is 20.7. The Morgan fingerprint density at radius 1 is 0.265 bits per heavy atom. The van der Waals surface area contributed by atoms with Crippen LogP contribution in [0.5, 0.6) is 11.5 Å². The van der Waals surface area contributed by atoms with Crippen molar-refractivity contribution in [2.24, 2.45) is 0 Å². The molecule has 7 heterocycles. The van der Waals surface area contributed by atoms with Gasteiger partial charge in [0.25, 0.3) is 6.71 Å². The topological polar surface area (TPSA) is 37.0 Å². The van der Waals surface area contributed by atoms with Gasteiger partial charge in [-0.2, -0.15) is 0 Å². The van der Waals surface area contributed by atoms with E-state index in [4.69, 9.17) is 4.74 Å². The van der Waals surface area contributed by atoms with Crippen LogP contribution in [0.15, 0.2) is 404 Å². The molecule has 0 unspecified atom stereocenters. The van der Waals surface area contributed by atoms with Gasteiger partial charge in [-0.1, -0.05) is 260 Å². The molecule has 113 heavy (non-hydrogen) atoms. The lowest BCUT2D eigenvalue weighted by atomic mass is 9.31. The van der Waals surface area contributed by atoms with E-state index in [9.17, 15) is 0 Å². The van der Waals surface area contributed by atoms with Crippen molar-refractivity contribution in [3.63, 3.8) is 0 Å². The number of hydrogen-bond donors (Lipinski definition) is 0. The van der Waals surface area contributed by atoms with Gasteiger partial charge in [0.15, 0.2) is 0 Å². The van der Waals surface area contributed by atoms with E-state index in [0.717, 1.165) is 172 Å². The summed E-state index contributed by atoms with van der Waals surface area (Å²) in [6, 6.07) is 146. The molecule has 17 aromatic carbocycles. The number of rotatable bonds is 11. The predicted octanol–water partition coefficient (Wildman–Crippen LogP) is 23.1. The van der Waals surface area contributed by atoms with Crippen LogP contribution in [-0.4, -0.2) is 27.1 Å². The van der Waals surface area contributed by atoms with Gasteiger partial charge in [0.2, 0.25) is 6.71 Å². The number of anilines is 12. The average molecular weight is 1460 g/mol. The smallest absolute Gasteiger partial charge is 0.256 e. The third-order valence-corrected chi connectivity index (χ3v) is 24.9. The Hall–Kier alpha value is -14.4. The summed E-state index contributed by atoms with van der Waals surface area (Å²) < 4.78 is 16.4. The molecule has 0 aliphatic carbocycles. The predicted molar refractivity (Wildman–Crippen MR) is 475 cm³/mol. The van der Waals surface area contributed by atoms with Gasteiger partial charge in [-0.25, -0.2) is 0 Å². The molecule has 0 N–H and O–H groups in total. The molecule has 526 valence electrons. The first-order valence-corrected chi connectivity index (χ1v) is 39.6. The molecule has 0 atom stereocenters. The normalized spacial score (nSPS) is 12.9. The minimum Gasteiger partial charge on any atom is -0.456 e. The number of benzene rings is 17. The molecule has 3 aromatic heterocycles. The van der Waals surface area contributed by atoms with Crippen molar-refractivity contribution >= 4 is 192 Å². The first-order chi connectivity index (χ1) is 56.2. The van der Waals surface area contributed by atoms with Crippen molar-refractivity contribution in [3.8, 4) is 28.6 Å². The summed E-state index contributed by atoms with van der Waals surface area (Å²) in [5, 5.41) is 6.96. The van der Waals surface area contributed by atoms with Crippen LogP contribution in [0.4, 0.5) is 68.2 Å². The largest absolute Gasteiger partial charge is 0.456 e. The maximum Gasteiger partial charge on any atom is 0.256 e. The zero-order chi connectivity index (χ0) is 73.9. The highest BCUT2D eigenvalue weighted by Crippen LogP contribution is 2.56. The second kappa shape index (κ2) is 25.1. The van der Waals surface area contributed by atoms with E-state index >= 15 is 0 Å².